The third-order valence-electron chi connectivity index (χ3n) is 7.93. The van der Waals surface area contributed by atoms with E-state index in [0.717, 1.165) is 51.4 Å². The lowest BCUT2D eigenvalue weighted by Gasteiger charge is -2.30. The van der Waals surface area contributed by atoms with Gasteiger partial charge < -0.3 is 20.4 Å². The van der Waals surface area contributed by atoms with Crippen LogP contribution in [0.3, 0.4) is 0 Å². The fourth-order valence-electron chi connectivity index (χ4n) is 5.80. The van der Waals surface area contributed by atoms with Crippen LogP contribution in [0.1, 0.15) is 125 Å². The van der Waals surface area contributed by atoms with Gasteiger partial charge in [-0.15, -0.1) is 0 Å². The molecular formula is C28H42N2O10S2. The molecule has 3 aliphatic carbocycles. The largest absolute Gasteiger partial charge is 0.492 e. The second-order valence-corrected chi connectivity index (χ2v) is 14.4. The molecule has 2 aromatic rings. The summed E-state index contributed by atoms with van der Waals surface area (Å²) >= 11 is 0. The Morgan fingerprint density at radius 3 is 1.14 bits per heavy atom. The normalized spacial score (nSPS) is 17.4. The molecule has 0 radical (unpaired) electrons. The minimum atomic E-state index is -4.17. The summed E-state index contributed by atoms with van der Waals surface area (Å²) in [4.78, 5) is 0. The van der Waals surface area contributed by atoms with Gasteiger partial charge in [0.25, 0.3) is 0 Å². The van der Waals surface area contributed by atoms with Crippen LogP contribution in [-0.4, -0.2) is 58.2 Å². The number of hydrogen-bond acceptors (Lipinski definition) is 10. The fraction of sp³-hybridized carbons (Fsp3) is 0.643. The topological polar surface area (TPSA) is 178 Å². The van der Waals surface area contributed by atoms with Gasteiger partial charge in [0.2, 0.25) is 23.5 Å². The molecule has 2 heterocycles. The zero-order chi connectivity index (χ0) is 30.7. The average Bonchev–Trinajstić information content (AvgIpc) is 3.35. The van der Waals surface area contributed by atoms with E-state index in [1.54, 1.807) is 12.2 Å². The molecule has 4 N–H and O–H groups in total. The van der Waals surface area contributed by atoms with Gasteiger partial charge in [0.15, 0.2) is 0 Å². The maximum absolute atomic E-state index is 12.6. The molecule has 42 heavy (non-hydrogen) atoms. The van der Waals surface area contributed by atoms with Crippen molar-refractivity contribution in [2.24, 2.45) is 0 Å². The molecule has 2 bridgehead atoms. The van der Waals surface area contributed by atoms with Crippen molar-refractivity contribution in [1.29, 1.82) is 0 Å². The van der Waals surface area contributed by atoms with E-state index in [1.165, 1.54) is 0 Å². The maximum atomic E-state index is 12.6. The Morgan fingerprint density at radius 2 is 0.833 bits per heavy atom. The summed E-state index contributed by atoms with van der Waals surface area (Å²) < 4.78 is 61.6. The van der Waals surface area contributed by atoms with Crippen LogP contribution in [-0.2, 0) is 20.2 Å². The van der Waals surface area contributed by atoms with Crippen molar-refractivity contribution in [2.75, 3.05) is 11.5 Å². The van der Waals surface area contributed by atoms with Crippen molar-refractivity contribution in [3.63, 3.8) is 0 Å². The van der Waals surface area contributed by atoms with E-state index in [2.05, 4.69) is 13.8 Å². The predicted octanol–water partition coefficient (Wildman–Crippen LogP) is 4.50. The van der Waals surface area contributed by atoms with E-state index in [1.807, 2.05) is 0 Å². The summed E-state index contributed by atoms with van der Waals surface area (Å²) in [5.41, 5.74) is 0.295. The van der Waals surface area contributed by atoms with E-state index in [4.69, 9.17) is 8.57 Å². The first kappa shape index (κ1) is 31.9. The molecule has 14 heteroatoms. The van der Waals surface area contributed by atoms with Crippen LogP contribution in [0.2, 0.25) is 0 Å². The monoisotopic (exact) mass is 630 g/mol. The van der Waals surface area contributed by atoms with Crippen LogP contribution in [0.5, 0.6) is 23.5 Å². The summed E-state index contributed by atoms with van der Waals surface area (Å²) in [6.45, 7) is 4.18. The molecule has 0 fully saturated rings. The van der Waals surface area contributed by atoms with Crippen LogP contribution in [0.25, 0.3) is 0 Å². The zero-order valence-corrected chi connectivity index (χ0v) is 25.8. The molecule has 0 aromatic carbocycles. The molecular weight excluding hydrogens is 588 g/mol. The van der Waals surface area contributed by atoms with Crippen LogP contribution >= 0.6 is 0 Å². The lowest BCUT2D eigenvalue weighted by atomic mass is 9.70. The zero-order valence-electron chi connectivity index (χ0n) is 24.2. The molecule has 5 rings (SSSR count). The summed E-state index contributed by atoms with van der Waals surface area (Å²) in [5.74, 6) is -5.22. The van der Waals surface area contributed by atoms with Crippen molar-refractivity contribution in [1.82, 2.24) is 9.46 Å². The highest BCUT2D eigenvalue weighted by atomic mass is 32.2. The smallest absolute Gasteiger partial charge is 0.327 e. The van der Waals surface area contributed by atoms with Crippen molar-refractivity contribution in [3.8, 4) is 23.5 Å². The van der Waals surface area contributed by atoms with Gasteiger partial charge in [-0.2, -0.15) is 16.8 Å². The van der Waals surface area contributed by atoms with Crippen LogP contribution in [0.15, 0.2) is 12.2 Å². The molecule has 2 aromatic heterocycles. The second-order valence-electron chi connectivity index (χ2n) is 11.1. The highest BCUT2D eigenvalue weighted by Gasteiger charge is 2.48. The Kier molecular flexibility index (Phi) is 9.96. The Labute approximate surface area is 247 Å². The van der Waals surface area contributed by atoms with Gasteiger partial charge in [-0.3, -0.25) is 8.57 Å². The van der Waals surface area contributed by atoms with Gasteiger partial charge in [-0.25, -0.2) is 0 Å². The van der Waals surface area contributed by atoms with Crippen molar-refractivity contribution in [3.05, 3.63) is 34.4 Å². The average molecular weight is 631 g/mol. The highest BCUT2D eigenvalue weighted by molar-refractivity contribution is 7.87. The predicted molar refractivity (Wildman–Crippen MR) is 156 cm³/mol. The Hall–Kier alpha value is -3.00. The molecule has 0 spiro atoms. The molecule has 12 nitrogen and oxygen atoms in total. The van der Waals surface area contributed by atoms with Crippen LogP contribution in [0, 0.1) is 0 Å². The first-order valence-corrected chi connectivity index (χ1v) is 18.0. The van der Waals surface area contributed by atoms with Crippen LogP contribution < -0.4 is 8.57 Å². The van der Waals surface area contributed by atoms with Gasteiger partial charge in [0.05, 0.1) is 11.5 Å². The lowest BCUT2D eigenvalue weighted by molar-refractivity contribution is 0.199. The van der Waals surface area contributed by atoms with Crippen molar-refractivity contribution in [2.45, 2.75) is 103 Å². The van der Waals surface area contributed by atoms with Gasteiger partial charge in [-0.1, -0.05) is 99.7 Å². The summed E-state index contributed by atoms with van der Waals surface area (Å²) in [6.07, 6.45) is 13.4. The van der Waals surface area contributed by atoms with E-state index in [9.17, 15) is 37.3 Å². The number of rotatable bonds is 18. The molecule has 0 unspecified atom stereocenters. The van der Waals surface area contributed by atoms with E-state index in [0.29, 0.717) is 35.1 Å². The fourth-order valence-corrected chi connectivity index (χ4v) is 7.80. The minimum Gasteiger partial charge on any atom is -0.492 e. The number of nitrogens with zero attached hydrogens (tertiary/aromatic N) is 2. The Morgan fingerprint density at radius 1 is 0.548 bits per heavy atom. The second kappa shape index (κ2) is 13.1. The number of aromatic nitrogens is 2. The quantitative estimate of drug-likeness (QED) is 0.135. The summed E-state index contributed by atoms with van der Waals surface area (Å²) in [6, 6.07) is 0. The minimum absolute atomic E-state index is 0.0738. The van der Waals surface area contributed by atoms with Gasteiger partial charge >= 0.3 is 20.2 Å². The van der Waals surface area contributed by atoms with E-state index >= 15 is 0 Å². The highest BCUT2D eigenvalue weighted by Crippen LogP contribution is 2.60. The molecule has 236 valence electrons. The van der Waals surface area contributed by atoms with Crippen LogP contribution in [0.4, 0.5) is 0 Å². The number of aromatic hydroxyl groups is 4. The first-order valence-electron chi connectivity index (χ1n) is 14.8. The molecule has 3 aliphatic rings. The van der Waals surface area contributed by atoms with Crippen molar-refractivity contribution >= 4 is 20.2 Å². The summed E-state index contributed by atoms with van der Waals surface area (Å²) in [7, 11) is -8.33. The molecule has 0 saturated heterocycles. The molecule has 0 saturated carbocycles. The van der Waals surface area contributed by atoms with Gasteiger partial charge in [0.1, 0.15) is 0 Å². The molecule has 0 aliphatic heterocycles. The lowest BCUT2D eigenvalue weighted by Crippen LogP contribution is -2.22. The van der Waals surface area contributed by atoms with E-state index < -0.39 is 55.6 Å². The van der Waals surface area contributed by atoms with Gasteiger partial charge in [0, 0.05) is 34.1 Å². The molecule has 0 atom stereocenters. The van der Waals surface area contributed by atoms with Gasteiger partial charge in [-0.05, 0) is 12.8 Å². The first-order chi connectivity index (χ1) is 19.9. The Bertz CT molecular complexity index is 1340. The third-order valence-corrected chi connectivity index (χ3v) is 10.3. The number of hydrogen-bond donors (Lipinski definition) is 4. The Balaban J connectivity index is 1.52. The number of unbranched alkanes of at least 4 members (excludes halogenated alkanes) is 10. The van der Waals surface area contributed by atoms with Crippen molar-refractivity contribution < 1.29 is 45.8 Å². The SMILES string of the molecule is CCCCCCCCS(=O)(=O)On1c(O)c2c(c1O)C1C=CC2c2c1c(O)n(OS(=O)(=O)CCCCCCCC)c2O. The molecule has 0 amide bonds. The maximum Gasteiger partial charge on any atom is 0.327 e. The summed E-state index contributed by atoms with van der Waals surface area (Å²) in [5, 5.41) is 43.9. The number of allylic oxidation sites excluding steroid dienone is 2. The standard InChI is InChI=1S/C28H42N2O10S2/c1-3-5-7-9-11-13-17-41(35,36)39-29-25(31)21-19-15-16-20(22(21)26(29)32)24-23(19)27(33)30(28(24)34)40-42(37,38)18-14-12-10-8-6-4-2/h15-16,19-20,31-34H,3-14,17-18H2,1-2H3. The van der Waals surface area contributed by atoms with E-state index in [-0.39, 0.29) is 33.8 Å². The third kappa shape index (κ3) is 6.48.